The van der Waals surface area contributed by atoms with E-state index in [9.17, 15) is 4.79 Å². The van der Waals surface area contributed by atoms with Gasteiger partial charge in [0.15, 0.2) is 0 Å². The molecule has 0 heterocycles. The fourth-order valence-corrected chi connectivity index (χ4v) is 1.16. The molecule has 0 atom stereocenters. The van der Waals surface area contributed by atoms with Crippen LogP contribution < -0.4 is 0 Å². The number of aryl methyl sites for hydroxylation is 1. The molecule has 0 aliphatic carbocycles. The topological polar surface area (TPSA) is 61.1 Å². The third-order valence-electron chi connectivity index (χ3n) is 1.69. The molecule has 0 saturated heterocycles. The number of benzene rings is 1. The van der Waals surface area contributed by atoms with Crippen LogP contribution in [-0.4, -0.2) is 11.1 Å². The average Bonchev–Trinajstić information content (AvgIpc) is 2.08. The first kappa shape index (κ1) is 9.62. The molecule has 0 amide bonds. The van der Waals surface area contributed by atoms with Crippen molar-refractivity contribution in [2.45, 2.75) is 11.8 Å². The van der Waals surface area contributed by atoms with Crippen molar-refractivity contribution < 1.29 is 9.90 Å². The highest BCUT2D eigenvalue weighted by atomic mass is 32.1. The van der Waals surface area contributed by atoms with Gasteiger partial charge in [-0.25, -0.2) is 4.79 Å². The largest absolute Gasteiger partial charge is 0.478 e. The van der Waals surface area contributed by atoms with Crippen LogP contribution in [-0.2, 0) is 0 Å². The molecule has 3 nitrogen and oxygen atoms in total. The Labute approximate surface area is 81.0 Å². The fraction of sp³-hybridized carbons (Fsp3) is 0.111. The lowest BCUT2D eigenvalue weighted by Gasteiger charge is -2.02. The van der Waals surface area contributed by atoms with Crippen LogP contribution in [0.5, 0.6) is 0 Å². The SMILES string of the molecule is Cc1cc(C(=O)O)c(C#N)cc1S. The van der Waals surface area contributed by atoms with Crippen LogP contribution in [0.15, 0.2) is 17.0 Å². The third kappa shape index (κ3) is 1.82. The monoisotopic (exact) mass is 193 g/mol. The summed E-state index contributed by atoms with van der Waals surface area (Å²) in [5, 5.41) is 17.4. The molecule has 0 aromatic heterocycles. The molecule has 0 bridgehead atoms. The lowest BCUT2D eigenvalue weighted by Crippen LogP contribution is -2.01. The van der Waals surface area contributed by atoms with Gasteiger partial charge in [0.25, 0.3) is 0 Å². The predicted octanol–water partition coefficient (Wildman–Crippen LogP) is 1.85. The van der Waals surface area contributed by atoms with Crippen molar-refractivity contribution in [3.63, 3.8) is 0 Å². The van der Waals surface area contributed by atoms with Crippen LogP contribution in [0.4, 0.5) is 0 Å². The summed E-state index contributed by atoms with van der Waals surface area (Å²) < 4.78 is 0. The fourth-order valence-electron chi connectivity index (χ4n) is 0.966. The molecule has 1 aromatic rings. The first-order valence-electron chi connectivity index (χ1n) is 3.53. The van der Waals surface area contributed by atoms with Crippen LogP contribution in [0, 0.1) is 18.3 Å². The smallest absolute Gasteiger partial charge is 0.337 e. The van der Waals surface area contributed by atoms with Crippen molar-refractivity contribution >= 4 is 18.6 Å². The molecule has 1 aromatic carbocycles. The molecule has 0 aliphatic heterocycles. The number of carbonyl (C=O) groups is 1. The summed E-state index contributed by atoms with van der Waals surface area (Å²) in [4.78, 5) is 11.3. The number of nitrogens with zero attached hydrogens (tertiary/aromatic N) is 1. The second-order valence-corrected chi connectivity index (χ2v) is 3.08. The summed E-state index contributed by atoms with van der Waals surface area (Å²) in [5.41, 5.74) is 0.917. The van der Waals surface area contributed by atoms with E-state index in [1.165, 1.54) is 12.1 Å². The van der Waals surface area contributed by atoms with E-state index in [-0.39, 0.29) is 11.1 Å². The van der Waals surface area contributed by atoms with E-state index < -0.39 is 5.97 Å². The Balaban J connectivity index is 3.44. The number of aromatic carboxylic acids is 1. The first-order valence-corrected chi connectivity index (χ1v) is 3.98. The molecule has 1 N–H and O–H groups in total. The number of rotatable bonds is 1. The van der Waals surface area contributed by atoms with Gasteiger partial charge < -0.3 is 5.11 Å². The van der Waals surface area contributed by atoms with Gasteiger partial charge in [-0.15, -0.1) is 12.6 Å². The maximum atomic E-state index is 10.7. The van der Waals surface area contributed by atoms with Crippen molar-refractivity contribution in [3.8, 4) is 6.07 Å². The van der Waals surface area contributed by atoms with E-state index in [0.29, 0.717) is 4.90 Å². The number of carboxylic acids is 1. The van der Waals surface area contributed by atoms with Gasteiger partial charge in [0.2, 0.25) is 0 Å². The molecule has 0 unspecified atom stereocenters. The zero-order valence-corrected chi connectivity index (χ0v) is 7.80. The standard InChI is InChI=1S/C9H7NO2S/c1-5-2-7(9(11)12)6(4-10)3-8(5)13/h2-3,13H,1H3,(H,11,12). The molecule has 0 aliphatic rings. The molecular weight excluding hydrogens is 186 g/mol. The maximum Gasteiger partial charge on any atom is 0.337 e. The number of carboxylic acid groups (broad SMARTS) is 1. The van der Waals surface area contributed by atoms with Crippen LogP contribution in [0.25, 0.3) is 0 Å². The van der Waals surface area contributed by atoms with Gasteiger partial charge in [-0.1, -0.05) is 0 Å². The van der Waals surface area contributed by atoms with Crippen molar-refractivity contribution in [3.05, 3.63) is 28.8 Å². The Kier molecular flexibility index (Phi) is 2.59. The molecule has 0 spiro atoms. The number of nitriles is 1. The lowest BCUT2D eigenvalue weighted by atomic mass is 10.1. The van der Waals surface area contributed by atoms with Gasteiger partial charge in [-0.3, -0.25) is 0 Å². The first-order chi connectivity index (χ1) is 6.06. The number of thiol groups is 1. The van der Waals surface area contributed by atoms with E-state index in [2.05, 4.69) is 12.6 Å². The predicted molar refractivity (Wildman–Crippen MR) is 50.1 cm³/mol. The third-order valence-corrected chi connectivity index (χ3v) is 2.17. The zero-order valence-electron chi connectivity index (χ0n) is 6.90. The normalized spacial score (nSPS) is 9.31. The highest BCUT2D eigenvalue weighted by Crippen LogP contribution is 2.18. The van der Waals surface area contributed by atoms with E-state index >= 15 is 0 Å². The average molecular weight is 193 g/mol. The van der Waals surface area contributed by atoms with Crippen LogP contribution in [0.1, 0.15) is 21.5 Å². The quantitative estimate of drug-likeness (QED) is 0.669. The Hall–Kier alpha value is -1.47. The minimum Gasteiger partial charge on any atom is -0.478 e. The van der Waals surface area contributed by atoms with Gasteiger partial charge in [-0.2, -0.15) is 5.26 Å². The summed E-state index contributed by atoms with van der Waals surface area (Å²) in [6, 6.07) is 4.72. The molecule has 1 rings (SSSR count). The summed E-state index contributed by atoms with van der Waals surface area (Å²) >= 11 is 4.09. The van der Waals surface area contributed by atoms with Gasteiger partial charge >= 0.3 is 5.97 Å². The minimum absolute atomic E-state index is 0.0257. The summed E-state index contributed by atoms with van der Waals surface area (Å²) in [5.74, 6) is -1.09. The highest BCUT2D eigenvalue weighted by Gasteiger charge is 2.11. The van der Waals surface area contributed by atoms with Gasteiger partial charge in [0, 0.05) is 4.90 Å². The van der Waals surface area contributed by atoms with Gasteiger partial charge in [-0.05, 0) is 24.6 Å². The molecule has 13 heavy (non-hydrogen) atoms. The number of hydrogen-bond donors (Lipinski definition) is 2. The number of hydrogen-bond acceptors (Lipinski definition) is 3. The maximum absolute atomic E-state index is 10.7. The zero-order chi connectivity index (χ0) is 10.0. The second kappa shape index (κ2) is 3.50. The molecule has 66 valence electrons. The lowest BCUT2D eigenvalue weighted by molar-refractivity contribution is 0.0696. The van der Waals surface area contributed by atoms with Crippen molar-refractivity contribution in [1.29, 1.82) is 5.26 Å². The Morgan fingerprint density at radius 1 is 1.62 bits per heavy atom. The van der Waals surface area contributed by atoms with E-state index in [1.807, 2.05) is 6.07 Å². The Morgan fingerprint density at radius 3 is 2.69 bits per heavy atom. The van der Waals surface area contributed by atoms with Crippen molar-refractivity contribution in [2.24, 2.45) is 0 Å². The van der Waals surface area contributed by atoms with Crippen molar-refractivity contribution in [2.75, 3.05) is 0 Å². The molecule has 4 heteroatoms. The van der Waals surface area contributed by atoms with E-state index in [4.69, 9.17) is 10.4 Å². The van der Waals surface area contributed by atoms with Crippen molar-refractivity contribution in [1.82, 2.24) is 0 Å². The van der Waals surface area contributed by atoms with Crippen LogP contribution >= 0.6 is 12.6 Å². The summed E-state index contributed by atoms with van der Waals surface area (Å²) in [6.07, 6.45) is 0. The molecule has 0 fully saturated rings. The van der Waals surface area contributed by atoms with Crippen LogP contribution in [0.2, 0.25) is 0 Å². The van der Waals surface area contributed by atoms with E-state index in [0.717, 1.165) is 5.56 Å². The highest BCUT2D eigenvalue weighted by molar-refractivity contribution is 7.80. The Morgan fingerprint density at radius 2 is 2.23 bits per heavy atom. The molecule has 0 saturated carbocycles. The van der Waals surface area contributed by atoms with E-state index in [1.54, 1.807) is 6.92 Å². The Bertz CT molecular complexity index is 407. The summed E-state index contributed by atoms with van der Waals surface area (Å²) in [7, 11) is 0. The van der Waals surface area contributed by atoms with Gasteiger partial charge in [0.1, 0.15) is 6.07 Å². The molecular formula is C9H7NO2S. The summed E-state index contributed by atoms with van der Waals surface area (Å²) in [6.45, 7) is 1.75. The second-order valence-electron chi connectivity index (χ2n) is 2.60. The minimum atomic E-state index is -1.09. The molecule has 0 radical (unpaired) electrons. The van der Waals surface area contributed by atoms with Crippen LogP contribution in [0.3, 0.4) is 0 Å². The van der Waals surface area contributed by atoms with Gasteiger partial charge in [0.05, 0.1) is 11.1 Å².